The third-order valence-electron chi connectivity index (χ3n) is 3.67. The van der Waals surface area contributed by atoms with Crippen LogP contribution >= 0.6 is 11.3 Å². The Kier molecular flexibility index (Phi) is 4.32. The van der Waals surface area contributed by atoms with Crippen molar-refractivity contribution in [2.45, 2.75) is 26.3 Å². The maximum atomic E-state index is 4.32. The van der Waals surface area contributed by atoms with Crippen LogP contribution in [0.4, 0.5) is 0 Å². The second-order valence-corrected chi connectivity index (χ2v) is 6.22. The van der Waals surface area contributed by atoms with Gasteiger partial charge in [0.2, 0.25) is 0 Å². The van der Waals surface area contributed by atoms with Gasteiger partial charge < -0.3 is 5.32 Å². The zero-order chi connectivity index (χ0) is 14.7. The van der Waals surface area contributed by atoms with Gasteiger partial charge in [-0.2, -0.15) is 0 Å². The summed E-state index contributed by atoms with van der Waals surface area (Å²) in [5.41, 5.74) is 3.72. The number of fused-ring (bicyclic) bond motifs is 1. The van der Waals surface area contributed by atoms with Gasteiger partial charge in [-0.25, -0.2) is 0 Å². The van der Waals surface area contributed by atoms with Gasteiger partial charge in [0.15, 0.2) is 0 Å². The number of aromatic nitrogens is 1. The summed E-state index contributed by atoms with van der Waals surface area (Å²) in [6.45, 7) is 5.26. The summed E-state index contributed by atoms with van der Waals surface area (Å²) in [5.74, 6) is 0. The molecule has 0 amide bonds. The molecule has 1 aromatic carbocycles. The van der Waals surface area contributed by atoms with Crippen LogP contribution in [0.2, 0.25) is 0 Å². The van der Waals surface area contributed by atoms with Crippen molar-refractivity contribution in [3.05, 3.63) is 64.8 Å². The number of pyridine rings is 1. The van der Waals surface area contributed by atoms with Crippen LogP contribution in [0.5, 0.6) is 0 Å². The lowest BCUT2D eigenvalue weighted by atomic mass is 9.97. The second kappa shape index (κ2) is 6.37. The molecule has 0 aliphatic rings. The zero-order valence-corrected chi connectivity index (χ0v) is 13.3. The lowest BCUT2D eigenvalue weighted by Gasteiger charge is -2.20. The van der Waals surface area contributed by atoms with Crippen molar-refractivity contribution < 1.29 is 0 Å². The lowest BCUT2D eigenvalue weighted by molar-refractivity contribution is 0.601. The quantitative estimate of drug-likeness (QED) is 0.738. The highest BCUT2D eigenvalue weighted by Crippen LogP contribution is 2.32. The Morgan fingerprint density at radius 2 is 2.14 bits per heavy atom. The number of nitrogens with one attached hydrogen (secondary N) is 1. The number of rotatable bonds is 5. The molecule has 1 atom stereocenters. The normalized spacial score (nSPS) is 12.7. The molecule has 0 saturated carbocycles. The summed E-state index contributed by atoms with van der Waals surface area (Å²) in [7, 11) is 0. The summed E-state index contributed by atoms with van der Waals surface area (Å²) >= 11 is 1.82. The van der Waals surface area contributed by atoms with Crippen molar-refractivity contribution in [2.75, 3.05) is 6.54 Å². The first-order chi connectivity index (χ1) is 10.3. The molecule has 0 fully saturated rings. The third kappa shape index (κ3) is 2.99. The molecule has 0 aliphatic heterocycles. The van der Waals surface area contributed by atoms with E-state index in [2.05, 4.69) is 59.0 Å². The van der Waals surface area contributed by atoms with Gasteiger partial charge in [-0.15, -0.1) is 11.3 Å². The molecule has 21 heavy (non-hydrogen) atoms. The molecule has 0 aliphatic carbocycles. The SMILES string of the molecule is CCCNC(c1ccnc(C)c1)c1cccc2ccsc12. The van der Waals surface area contributed by atoms with Gasteiger partial charge in [-0.05, 0) is 60.0 Å². The van der Waals surface area contributed by atoms with Gasteiger partial charge in [-0.1, -0.05) is 25.1 Å². The highest BCUT2D eigenvalue weighted by Gasteiger charge is 2.16. The number of aryl methyl sites for hydroxylation is 1. The monoisotopic (exact) mass is 296 g/mol. The Balaban J connectivity index is 2.08. The number of hydrogen-bond donors (Lipinski definition) is 1. The molecule has 0 radical (unpaired) electrons. The molecule has 3 aromatic rings. The van der Waals surface area contributed by atoms with E-state index < -0.39 is 0 Å². The number of benzene rings is 1. The van der Waals surface area contributed by atoms with E-state index in [4.69, 9.17) is 0 Å². The van der Waals surface area contributed by atoms with Gasteiger partial charge in [0.1, 0.15) is 0 Å². The Bertz CT molecular complexity index is 733. The van der Waals surface area contributed by atoms with Gasteiger partial charge >= 0.3 is 0 Å². The maximum absolute atomic E-state index is 4.32. The molecule has 2 heterocycles. The fourth-order valence-corrected chi connectivity index (χ4v) is 3.63. The van der Waals surface area contributed by atoms with Crippen LogP contribution in [-0.2, 0) is 0 Å². The first kappa shape index (κ1) is 14.2. The number of hydrogen-bond acceptors (Lipinski definition) is 3. The second-order valence-electron chi connectivity index (χ2n) is 5.30. The minimum Gasteiger partial charge on any atom is -0.306 e. The largest absolute Gasteiger partial charge is 0.306 e. The average molecular weight is 296 g/mol. The molecular formula is C18H20N2S. The fraction of sp³-hybridized carbons (Fsp3) is 0.278. The third-order valence-corrected chi connectivity index (χ3v) is 4.65. The van der Waals surface area contributed by atoms with Crippen LogP contribution in [0, 0.1) is 6.92 Å². The predicted octanol–water partition coefficient (Wildman–Crippen LogP) is 4.69. The smallest absolute Gasteiger partial charge is 0.0592 e. The first-order valence-electron chi connectivity index (χ1n) is 7.41. The van der Waals surface area contributed by atoms with Crippen molar-refractivity contribution in [3.8, 4) is 0 Å². The molecule has 1 unspecified atom stereocenters. The van der Waals surface area contributed by atoms with Crippen molar-refractivity contribution >= 4 is 21.4 Å². The van der Waals surface area contributed by atoms with Crippen LogP contribution in [0.1, 0.15) is 36.2 Å². The standard InChI is InChI=1S/C18H20N2S/c1-3-9-20-17(15-7-10-19-13(2)12-15)16-6-4-5-14-8-11-21-18(14)16/h4-8,10-12,17,20H,3,9H2,1-2H3. The van der Waals surface area contributed by atoms with Crippen molar-refractivity contribution in [1.82, 2.24) is 10.3 Å². The Hall–Kier alpha value is -1.71. The molecular weight excluding hydrogens is 276 g/mol. The van der Waals surface area contributed by atoms with Crippen molar-refractivity contribution in [3.63, 3.8) is 0 Å². The van der Waals surface area contributed by atoms with E-state index >= 15 is 0 Å². The predicted molar refractivity (Wildman–Crippen MR) is 90.9 cm³/mol. The first-order valence-corrected chi connectivity index (χ1v) is 8.29. The van der Waals surface area contributed by atoms with Crippen LogP contribution in [0.15, 0.2) is 48.0 Å². The van der Waals surface area contributed by atoms with Crippen LogP contribution in [0.25, 0.3) is 10.1 Å². The van der Waals surface area contributed by atoms with Gasteiger partial charge in [0.25, 0.3) is 0 Å². The molecule has 0 bridgehead atoms. The number of thiophene rings is 1. The fourth-order valence-electron chi connectivity index (χ4n) is 2.69. The molecule has 0 spiro atoms. The zero-order valence-electron chi connectivity index (χ0n) is 12.5. The summed E-state index contributed by atoms with van der Waals surface area (Å²) < 4.78 is 1.38. The summed E-state index contributed by atoms with van der Waals surface area (Å²) in [4.78, 5) is 4.32. The maximum Gasteiger partial charge on any atom is 0.0592 e. The average Bonchev–Trinajstić information content (AvgIpc) is 2.97. The topological polar surface area (TPSA) is 24.9 Å². The van der Waals surface area contributed by atoms with E-state index in [1.807, 2.05) is 24.5 Å². The molecule has 0 saturated heterocycles. The molecule has 108 valence electrons. The van der Waals surface area contributed by atoms with E-state index in [0.717, 1.165) is 18.7 Å². The highest BCUT2D eigenvalue weighted by molar-refractivity contribution is 7.17. The summed E-state index contributed by atoms with van der Waals surface area (Å²) in [6, 6.07) is 13.3. The van der Waals surface area contributed by atoms with E-state index in [0.29, 0.717) is 0 Å². The Morgan fingerprint density at radius 1 is 1.24 bits per heavy atom. The molecule has 2 nitrogen and oxygen atoms in total. The Morgan fingerprint density at radius 3 is 2.95 bits per heavy atom. The minimum absolute atomic E-state index is 0.231. The van der Waals surface area contributed by atoms with Crippen molar-refractivity contribution in [2.24, 2.45) is 0 Å². The summed E-state index contributed by atoms with van der Waals surface area (Å²) in [5, 5.41) is 7.19. The minimum atomic E-state index is 0.231. The van der Waals surface area contributed by atoms with E-state index in [1.54, 1.807) is 0 Å². The van der Waals surface area contributed by atoms with Gasteiger partial charge in [0, 0.05) is 16.6 Å². The Labute approximate surface area is 129 Å². The number of nitrogens with zero attached hydrogens (tertiary/aromatic N) is 1. The molecule has 3 heteroatoms. The van der Waals surface area contributed by atoms with Crippen LogP contribution in [-0.4, -0.2) is 11.5 Å². The van der Waals surface area contributed by atoms with Crippen LogP contribution < -0.4 is 5.32 Å². The van der Waals surface area contributed by atoms with Gasteiger partial charge in [0.05, 0.1) is 6.04 Å². The lowest BCUT2D eigenvalue weighted by Crippen LogP contribution is -2.23. The molecule has 2 aromatic heterocycles. The van der Waals surface area contributed by atoms with Crippen molar-refractivity contribution in [1.29, 1.82) is 0 Å². The highest BCUT2D eigenvalue weighted by atomic mass is 32.1. The van der Waals surface area contributed by atoms with Crippen LogP contribution in [0.3, 0.4) is 0 Å². The van der Waals surface area contributed by atoms with E-state index in [-0.39, 0.29) is 6.04 Å². The molecule has 3 rings (SSSR count). The van der Waals surface area contributed by atoms with E-state index in [9.17, 15) is 0 Å². The van der Waals surface area contributed by atoms with Gasteiger partial charge in [-0.3, -0.25) is 4.98 Å². The summed E-state index contributed by atoms with van der Waals surface area (Å²) in [6.07, 6.45) is 3.03. The molecule has 1 N–H and O–H groups in total. The van der Waals surface area contributed by atoms with E-state index in [1.165, 1.54) is 21.2 Å².